The van der Waals surface area contributed by atoms with Crippen LogP contribution in [0, 0.1) is 6.92 Å². The lowest BCUT2D eigenvalue weighted by molar-refractivity contribution is -0.140. The molecular weight excluding hydrogens is 485 g/mol. The van der Waals surface area contributed by atoms with Crippen molar-refractivity contribution in [3.63, 3.8) is 0 Å². The molecule has 2 aromatic rings. The number of halogens is 2. The molecule has 0 aliphatic carbocycles. The summed E-state index contributed by atoms with van der Waals surface area (Å²) in [5.41, 5.74) is 1.96. The smallest absolute Gasteiger partial charge is 0.244 e. The van der Waals surface area contributed by atoms with Crippen LogP contribution in [0.4, 0.5) is 5.69 Å². The predicted molar refractivity (Wildman–Crippen MR) is 133 cm³/mol. The molecule has 33 heavy (non-hydrogen) atoms. The van der Waals surface area contributed by atoms with Gasteiger partial charge in [0.05, 0.1) is 17.0 Å². The van der Waals surface area contributed by atoms with Gasteiger partial charge in [-0.15, -0.1) is 0 Å². The second kappa shape index (κ2) is 11.7. The molecule has 7 nitrogen and oxygen atoms in total. The van der Waals surface area contributed by atoms with Gasteiger partial charge in [0.2, 0.25) is 21.8 Å². The number of hydrogen-bond donors (Lipinski definition) is 1. The van der Waals surface area contributed by atoms with Crippen molar-refractivity contribution in [2.45, 2.75) is 39.8 Å². The van der Waals surface area contributed by atoms with E-state index >= 15 is 0 Å². The summed E-state index contributed by atoms with van der Waals surface area (Å²) in [7, 11) is -3.87. The summed E-state index contributed by atoms with van der Waals surface area (Å²) in [6, 6.07) is 11.1. The average molecular weight is 514 g/mol. The molecule has 0 heterocycles. The molecule has 180 valence electrons. The Morgan fingerprint density at radius 1 is 1.09 bits per heavy atom. The number of carbonyl (C=O) groups is 2. The molecule has 2 aromatic carbocycles. The minimum atomic E-state index is -3.87. The Hall–Kier alpha value is -2.29. The van der Waals surface area contributed by atoms with Crippen LogP contribution in [-0.4, -0.2) is 50.5 Å². The van der Waals surface area contributed by atoms with Gasteiger partial charge in [-0.3, -0.25) is 13.9 Å². The third kappa shape index (κ3) is 7.09. The van der Waals surface area contributed by atoms with Gasteiger partial charge < -0.3 is 10.2 Å². The van der Waals surface area contributed by atoms with Gasteiger partial charge in [-0.1, -0.05) is 54.4 Å². The zero-order valence-corrected chi connectivity index (χ0v) is 21.5. The zero-order valence-electron chi connectivity index (χ0n) is 19.1. The molecule has 0 aliphatic rings. The van der Waals surface area contributed by atoms with Crippen LogP contribution in [0.5, 0.6) is 0 Å². The summed E-state index contributed by atoms with van der Waals surface area (Å²) in [6.07, 6.45) is 1.36. The lowest BCUT2D eigenvalue weighted by atomic mass is 10.1. The first-order chi connectivity index (χ1) is 15.5. The molecular formula is C23H29Cl2N3O4S. The maximum absolute atomic E-state index is 13.5. The Morgan fingerprint density at radius 3 is 2.30 bits per heavy atom. The lowest BCUT2D eigenvalue weighted by Crippen LogP contribution is -2.52. The first-order valence-electron chi connectivity index (χ1n) is 10.5. The van der Waals surface area contributed by atoms with Crippen molar-refractivity contribution in [3.05, 3.63) is 63.6 Å². The molecule has 2 amide bonds. The molecule has 0 aliphatic heterocycles. The third-order valence-corrected chi connectivity index (χ3v) is 6.86. The molecule has 0 unspecified atom stereocenters. The molecule has 0 saturated heterocycles. The van der Waals surface area contributed by atoms with Gasteiger partial charge in [-0.2, -0.15) is 0 Å². The first-order valence-corrected chi connectivity index (χ1v) is 13.1. The number of amides is 2. The van der Waals surface area contributed by atoms with Gasteiger partial charge in [-0.05, 0) is 49.6 Å². The normalized spacial score (nSPS) is 12.2. The van der Waals surface area contributed by atoms with Crippen molar-refractivity contribution in [3.8, 4) is 0 Å². The maximum Gasteiger partial charge on any atom is 0.244 e. The van der Waals surface area contributed by atoms with E-state index in [0.29, 0.717) is 18.0 Å². The predicted octanol–water partition coefficient (Wildman–Crippen LogP) is 4.01. The summed E-state index contributed by atoms with van der Waals surface area (Å²) in [4.78, 5) is 27.7. The third-order valence-electron chi connectivity index (χ3n) is 5.20. The largest absolute Gasteiger partial charge is 0.355 e. The Morgan fingerprint density at radius 2 is 1.76 bits per heavy atom. The first kappa shape index (κ1) is 27.0. The van der Waals surface area contributed by atoms with Crippen LogP contribution in [0.25, 0.3) is 0 Å². The molecule has 1 N–H and O–H groups in total. The van der Waals surface area contributed by atoms with Crippen LogP contribution >= 0.6 is 23.2 Å². The zero-order chi connectivity index (χ0) is 24.8. The van der Waals surface area contributed by atoms with Gasteiger partial charge in [0.15, 0.2) is 0 Å². The summed E-state index contributed by atoms with van der Waals surface area (Å²) in [5.74, 6) is -0.815. The van der Waals surface area contributed by atoms with Gasteiger partial charge in [0.25, 0.3) is 0 Å². The highest BCUT2D eigenvalue weighted by Gasteiger charge is 2.32. The van der Waals surface area contributed by atoms with Crippen LogP contribution in [0.1, 0.15) is 31.4 Å². The Balaban J connectivity index is 2.48. The Bertz CT molecular complexity index is 1110. The van der Waals surface area contributed by atoms with Crippen LogP contribution in [0.3, 0.4) is 0 Å². The Labute approximate surface area is 205 Å². The number of benzene rings is 2. The molecule has 0 radical (unpaired) electrons. The fourth-order valence-corrected chi connectivity index (χ4v) is 4.88. The van der Waals surface area contributed by atoms with Crippen LogP contribution in [0.15, 0.2) is 42.5 Å². The topological polar surface area (TPSA) is 86.8 Å². The number of aryl methyl sites for hydroxylation is 1. The second-order valence-corrected chi connectivity index (χ2v) is 10.4. The average Bonchev–Trinajstić information content (AvgIpc) is 2.73. The summed E-state index contributed by atoms with van der Waals surface area (Å²) < 4.78 is 26.1. The molecule has 2 rings (SSSR count). The van der Waals surface area contributed by atoms with Gasteiger partial charge in [-0.25, -0.2) is 8.42 Å². The number of anilines is 1. The minimum absolute atomic E-state index is 0.0990. The van der Waals surface area contributed by atoms with Crippen molar-refractivity contribution in [2.75, 3.05) is 23.7 Å². The summed E-state index contributed by atoms with van der Waals surface area (Å²) >= 11 is 12.2. The monoisotopic (exact) mass is 513 g/mol. The lowest BCUT2D eigenvalue weighted by Gasteiger charge is -2.33. The number of likely N-dealkylation sites (N-methyl/N-ethyl adjacent to an activating group) is 1. The molecule has 0 saturated carbocycles. The fraction of sp³-hybridized carbons (Fsp3) is 0.391. The van der Waals surface area contributed by atoms with Gasteiger partial charge in [0, 0.05) is 18.1 Å². The van der Waals surface area contributed by atoms with Crippen molar-refractivity contribution >= 4 is 50.7 Å². The van der Waals surface area contributed by atoms with E-state index in [1.807, 2.05) is 38.1 Å². The number of carbonyl (C=O) groups excluding carboxylic acids is 2. The maximum atomic E-state index is 13.5. The van der Waals surface area contributed by atoms with Gasteiger partial charge >= 0.3 is 0 Å². The number of nitrogens with one attached hydrogen (secondary N) is 1. The highest BCUT2D eigenvalue weighted by Crippen LogP contribution is 2.30. The highest BCUT2D eigenvalue weighted by molar-refractivity contribution is 7.92. The van der Waals surface area contributed by atoms with Gasteiger partial charge in [0.1, 0.15) is 12.6 Å². The molecule has 0 spiro atoms. The standard InChI is InChI=1S/C23H29Cl2N3O4S/c1-5-20(23(30)26-6-2)27(14-17-10-8-7-9-16(17)3)22(29)15-28(33(4,31)32)21-12-11-18(24)13-19(21)25/h7-13,20H,5-6,14-15H2,1-4H3,(H,26,30)/t20-/m1/s1. The molecule has 1 atom stereocenters. The van der Waals surface area contributed by atoms with Crippen molar-refractivity contribution in [1.82, 2.24) is 10.2 Å². The van der Waals surface area contributed by atoms with E-state index in [0.717, 1.165) is 21.7 Å². The van der Waals surface area contributed by atoms with E-state index in [1.165, 1.54) is 23.1 Å². The Kier molecular flexibility index (Phi) is 9.57. The number of sulfonamides is 1. The molecule has 0 bridgehead atoms. The molecule has 0 fully saturated rings. The summed E-state index contributed by atoms with van der Waals surface area (Å²) in [5, 5.41) is 3.20. The fourth-order valence-electron chi connectivity index (χ4n) is 3.46. The molecule has 10 heteroatoms. The van der Waals surface area contributed by atoms with Crippen molar-refractivity contribution in [2.24, 2.45) is 0 Å². The van der Waals surface area contributed by atoms with E-state index in [4.69, 9.17) is 23.2 Å². The molecule has 0 aromatic heterocycles. The van der Waals surface area contributed by atoms with Crippen molar-refractivity contribution < 1.29 is 18.0 Å². The van der Waals surface area contributed by atoms with Crippen molar-refractivity contribution in [1.29, 1.82) is 0 Å². The number of nitrogens with zero attached hydrogens (tertiary/aromatic N) is 2. The second-order valence-electron chi connectivity index (χ2n) is 7.63. The van der Waals surface area contributed by atoms with Crippen LogP contribution < -0.4 is 9.62 Å². The quantitative estimate of drug-likeness (QED) is 0.519. The van der Waals surface area contributed by atoms with E-state index in [-0.39, 0.29) is 23.2 Å². The van der Waals surface area contributed by atoms with E-state index in [1.54, 1.807) is 6.92 Å². The van der Waals surface area contributed by atoms with E-state index in [2.05, 4.69) is 5.32 Å². The SMILES string of the molecule is CCNC(=O)[C@@H](CC)N(Cc1ccccc1C)C(=O)CN(c1ccc(Cl)cc1Cl)S(C)(=O)=O. The highest BCUT2D eigenvalue weighted by atomic mass is 35.5. The van der Waals surface area contributed by atoms with Crippen LogP contribution in [-0.2, 0) is 26.2 Å². The van der Waals surface area contributed by atoms with E-state index < -0.39 is 28.5 Å². The number of rotatable bonds is 10. The van der Waals surface area contributed by atoms with E-state index in [9.17, 15) is 18.0 Å². The summed E-state index contributed by atoms with van der Waals surface area (Å²) in [6.45, 7) is 5.59. The minimum Gasteiger partial charge on any atom is -0.355 e. The number of hydrogen-bond acceptors (Lipinski definition) is 4. The van der Waals surface area contributed by atoms with Crippen LogP contribution in [0.2, 0.25) is 10.0 Å².